The molecule has 1 aliphatic rings. The highest BCUT2D eigenvalue weighted by molar-refractivity contribution is 8.01. The number of ketones is 1. The van der Waals surface area contributed by atoms with Crippen LogP contribution in [-0.2, 0) is 4.79 Å². The summed E-state index contributed by atoms with van der Waals surface area (Å²) in [5, 5.41) is 20.8. The third kappa shape index (κ3) is 6.90. The van der Waals surface area contributed by atoms with Gasteiger partial charge < -0.3 is 10.2 Å². The maximum atomic E-state index is 12.2. The van der Waals surface area contributed by atoms with Crippen LogP contribution in [0, 0.1) is 11.8 Å². The topological polar surface area (TPSA) is 87.5 Å². The number of hydrogen-bond donors (Lipinski definition) is 2. The lowest BCUT2D eigenvalue weighted by Crippen LogP contribution is -2.22. The van der Waals surface area contributed by atoms with Crippen molar-refractivity contribution in [3.05, 3.63) is 35.9 Å². The number of carbonyl (C=O) groups is 2. The highest BCUT2D eigenvalue weighted by Crippen LogP contribution is 2.35. The van der Waals surface area contributed by atoms with Gasteiger partial charge in [-0.1, -0.05) is 30.0 Å². The fraction of sp³-hybridized carbons (Fsp3) is 0.550. The lowest BCUT2D eigenvalue weighted by molar-refractivity contribution is -0.121. The number of thiazole rings is 1. The smallest absolute Gasteiger partial charge is 0.355 e. The summed E-state index contributed by atoms with van der Waals surface area (Å²) in [4.78, 5) is 27.2. The van der Waals surface area contributed by atoms with E-state index in [-0.39, 0.29) is 17.5 Å². The second-order valence-corrected chi connectivity index (χ2v) is 9.37. The van der Waals surface area contributed by atoms with Crippen LogP contribution < -0.4 is 0 Å². The molecule has 0 aromatic carbocycles. The molecule has 0 radical (unpaired) electrons. The minimum absolute atomic E-state index is 0.00535. The molecule has 148 valence electrons. The first-order valence-electron chi connectivity index (χ1n) is 9.16. The van der Waals surface area contributed by atoms with Crippen molar-refractivity contribution in [2.24, 2.45) is 11.8 Å². The van der Waals surface area contributed by atoms with E-state index in [0.29, 0.717) is 25.0 Å². The molecule has 3 atom stereocenters. The van der Waals surface area contributed by atoms with Gasteiger partial charge in [0.25, 0.3) is 0 Å². The van der Waals surface area contributed by atoms with Gasteiger partial charge in [0.1, 0.15) is 5.78 Å². The number of Topliss-reactive ketones (excluding diaryl/α,β-unsaturated/α-hetero) is 1. The highest BCUT2D eigenvalue weighted by Gasteiger charge is 2.32. The van der Waals surface area contributed by atoms with Gasteiger partial charge in [0.15, 0.2) is 10.0 Å². The minimum Gasteiger partial charge on any atom is -0.476 e. The highest BCUT2D eigenvalue weighted by atomic mass is 32.2. The van der Waals surface area contributed by atoms with Crippen molar-refractivity contribution in [3.63, 3.8) is 0 Å². The normalized spacial score (nSPS) is 22.2. The first kappa shape index (κ1) is 21.9. The molecule has 1 heterocycles. The molecule has 2 rings (SSSR count). The Labute approximate surface area is 168 Å². The first-order valence-corrected chi connectivity index (χ1v) is 11.0. The van der Waals surface area contributed by atoms with E-state index in [9.17, 15) is 14.7 Å². The molecular weight excluding hydrogens is 382 g/mol. The molecule has 0 amide bonds. The zero-order valence-electron chi connectivity index (χ0n) is 15.6. The number of allylic oxidation sites excluding steroid dienone is 2. The Morgan fingerprint density at radius 2 is 2.33 bits per heavy atom. The predicted molar refractivity (Wildman–Crippen MR) is 109 cm³/mol. The fourth-order valence-corrected chi connectivity index (χ4v) is 5.14. The monoisotopic (exact) mass is 409 g/mol. The summed E-state index contributed by atoms with van der Waals surface area (Å²) in [6, 6.07) is 0. The SMILES string of the molecule is C=CCC[C@](C)(O)C/C=C/[C@H]1CCC(=O)[C@@H]1CCSc1nc(C(=O)O)cs1. The number of aromatic nitrogens is 1. The van der Waals surface area contributed by atoms with E-state index in [1.807, 2.05) is 19.1 Å². The second-order valence-electron chi connectivity index (χ2n) is 7.17. The summed E-state index contributed by atoms with van der Waals surface area (Å²) >= 11 is 2.83. The van der Waals surface area contributed by atoms with Gasteiger partial charge in [0.2, 0.25) is 0 Å². The molecule has 27 heavy (non-hydrogen) atoms. The molecule has 1 fully saturated rings. The number of carboxylic acids is 1. The molecule has 7 heteroatoms. The number of carbonyl (C=O) groups excluding carboxylic acids is 1. The molecule has 5 nitrogen and oxygen atoms in total. The van der Waals surface area contributed by atoms with Gasteiger partial charge in [-0.05, 0) is 44.9 Å². The third-order valence-corrected chi connectivity index (χ3v) is 6.89. The van der Waals surface area contributed by atoms with Crippen molar-refractivity contribution in [3.8, 4) is 0 Å². The molecule has 1 aliphatic carbocycles. The van der Waals surface area contributed by atoms with Crippen LogP contribution in [0.3, 0.4) is 0 Å². The number of carboxylic acid groups (broad SMARTS) is 1. The molecular formula is C20H27NO4S2. The molecule has 1 aromatic heterocycles. The third-order valence-electron chi connectivity index (χ3n) is 4.84. The second kappa shape index (κ2) is 10.2. The van der Waals surface area contributed by atoms with Crippen LogP contribution >= 0.6 is 23.1 Å². The van der Waals surface area contributed by atoms with E-state index in [0.717, 1.165) is 29.4 Å². The van der Waals surface area contributed by atoms with E-state index in [1.165, 1.54) is 28.5 Å². The van der Waals surface area contributed by atoms with Crippen molar-refractivity contribution >= 4 is 34.9 Å². The lowest BCUT2D eigenvalue weighted by Gasteiger charge is -2.21. The standard InChI is InChI=1S/C20H27NO4S2/c1-3-4-10-20(2,25)11-5-6-14-7-8-17(22)15(14)9-12-26-19-21-16(13-27-19)18(23)24/h3,5-6,13-15,25H,1,4,7-12H2,2H3,(H,23,24)/b6-5+/t14-,15+,20-/m0/s1. The van der Waals surface area contributed by atoms with Crippen molar-refractivity contribution in [2.75, 3.05) is 5.75 Å². The van der Waals surface area contributed by atoms with Crippen molar-refractivity contribution in [1.82, 2.24) is 4.98 Å². The van der Waals surface area contributed by atoms with Crippen molar-refractivity contribution in [2.45, 2.75) is 55.4 Å². The summed E-state index contributed by atoms with van der Waals surface area (Å²) in [5.74, 6) is 0.252. The molecule has 0 bridgehead atoms. The van der Waals surface area contributed by atoms with E-state index < -0.39 is 11.6 Å². The Morgan fingerprint density at radius 3 is 3.00 bits per heavy atom. The average molecular weight is 410 g/mol. The zero-order chi connectivity index (χ0) is 19.9. The van der Waals surface area contributed by atoms with Crippen molar-refractivity contribution < 1.29 is 19.8 Å². The first-order chi connectivity index (χ1) is 12.8. The minimum atomic E-state index is -1.02. The van der Waals surface area contributed by atoms with E-state index >= 15 is 0 Å². The fourth-order valence-electron chi connectivity index (χ4n) is 3.25. The van der Waals surface area contributed by atoms with Crippen molar-refractivity contribution in [1.29, 1.82) is 0 Å². The molecule has 1 saturated carbocycles. The predicted octanol–water partition coefficient (Wildman–Crippen LogP) is 4.58. The quantitative estimate of drug-likeness (QED) is 0.411. The molecule has 0 aliphatic heterocycles. The Morgan fingerprint density at radius 1 is 1.56 bits per heavy atom. The summed E-state index contributed by atoms with van der Waals surface area (Å²) in [7, 11) is 0. The maximum absolute atomic E-state index is 12.2. The Bertz CT molecular complexity index is 696. The number of aromatic carboxylic acids is 1. The summed E-state index contributed by atoms with van der Waals surface area (Å²) < 4.78 is 0.725. The van der Waals surface area contributed by atoms with Gasteiger partial charge in [-0.25, -0.2) is 9.78 Å². The number of nitrogens with zero attached hydrogens (tertiary/aromatic N) is 1. The van der Waals surface area contributed by atoms with Crippen LogP contribution in [0.2, 0.25) is 0 Å². The maximum Gasteiger partial charge on any atom is 0.355 e. The zero-order valence-corrected chi connectivity index (χ0v) is 17.2. The van der Waals surface area contributed by atoms with Crippen LogP contribution in [0.15, 0.2) is 34.5 Å². The van der Waals surface area contributed by atoms with Gasteiger partial charge in [-0.15, -0.1) is 17.9 Å². The Balaban J connectivity index is 1.83. The molecule has 0 spiro atoms. The summed E-state index contributed by atoms with van der Waals surface area (Å²) in [5.41, 5.74) is -0.672. The number of rotatable bonds is 11. The van der Waals surface area contributed by atoms with Gasteiger partial charge >= 0.3 is 5.97 Å². The van der Waals surface area contributed by atoms with Crippen LogP contribution in [0.4, 0.5) is 0 Å². The lowest BCUT2D eigenvalue weighted by atomic mass is 9.90. The average Bonchev–Trinajstić information content (AvgIpc) is 3.22. The van der Waals surface area contributed by atoms with Gasteiger partial charge in [-0.3, -0.25) is 4.79 Å². The molecule has 0 unspecified atom stereocenters. The number of hydrogen-bond acceptors (Lipinski definition) is 6. The van der Waals surface area contributed by atoms with Crippen LogP contribution in [0.1, 0.15) is 55.9 Å². The van der Waals surface area contributed by atoms with E-state index in [4.69, 9.17) is 5.11 Å². The number of thioether (sulfide) groups is 1. The Kier molecular flexibility index (Phi) is 8.26. The molecule has 1 aromatic rings. The summed E-state index contributed by atoms with van der Waals surface area (Å²) in [6.07, 6.45) is 10.2. The molecule has 0 saturated heterocycles. The summed E-state index contributed by atoms with van der Waals surface area (Å²) in [6.45, 7) is 5.51. The largest absolute Gasteiger partial charge is 0.476 e. The molecule has 2 N–H and O–H groups in total. The van der Waals surface area contributed by atoms with E-state index in [2.05, 4.69) is 17.6 Å². The van der Waals surface area contributed by atoms with Crippen LogP contribution in [-0.4, -0.2) is 38.3 Å². The van der Waals surface area contributed by atoms with Crippen LogP contribution in [0.5, 0.6) is 0 Å². The van der Waals surface area contributed by atoms with Gasteiger partial charge in [0, 0.05) is 23.5 Å². The Hall–Kier alpha value is -1.44. The van der Waals surface area contributed by atoms with Gasteiger partial charge in [-0.2, -0.15) is 0 Å². The van der Waals surface area contributed by atoms with E-state index in [1.54, 1.807) is 0 Å². The van der Waals surface area contributed by atoms with Gasteiger partial charge in [0.05, 0.1) is 5.60 Å². The number of aliphatic hydroxyl groups is 1. The van der Waals surface area contributed by atoms with Crippen LogP contribution in [0.25, 0.3) is 0 Å².